The van der Waals surface area contributed by atoms with E-state index in [4.69, 9.17) is 4.74 Å². The minimum atomic E-state index is -0.673. The molecule has 4 rings (SSSR count). The van der Waals surface area contributed by atoms with Gasteiger partial charge in [-0.25, -0.2) is 0 Å². The van der Waals surface area contributed by atoms with Crippen molar-refractivity contribution in [3.05, 3.63) is 59.7 Å². The Morgan fingerprint density at radius 2 is 1.72 bits per heavy atom. The summed E-state index contributed by atoms with van der Waals surface area (Å²) in [4.78, 5) is 16.0. The van der Waals surface area contributed by atoms with Crippen molar-refractivity contribution >= 4 is 17.3 Å². The fraction of sp³-hybridized carbons (Fsp3) is 0.458. The van der Waals surface area contributed by atoms with Crippen LogP contribution in [0.25, 0.3) is 0 Å². The third kappa shape index (κ3) is 4.31. The number of aryl methyl sites for hydroxylation is 2. The molecule has 0 bridgehead atoms. The lowest BCUT2D eigenvalue weighted by Crippen LogP contribution is -2.42. The molecule has 2 aromatic carbocycles. The summed E-state index contributed by atoms with van der Waals surface area (Å²) in [5, 5.41) is 9.37. The molecule has 0 saturated carbocycles. The van der Waals surface area contributed by atoms with Crippen molar-refractivity contribution in [3.63, 3.8) is 0 Å². The number of nitrogens with zero attached hydrogens (tertiary/aromatic N) is 2. The maximum absolute atomic E-state index is 11.4. The molecule has 1 fully saturated rings. The number of carboxylic acid groups (broad SMARTS) is 1. The van der Waals surface area contributed by atoms with Gasteiger partial charge in [-0.2, -0.15) is 0 Å². The lowest BCUT2D eigenvalue weighted by molar-refractivity contribution is -0.143. The monoisotopic (exact) mass is 394 g/mol. The summed E-state index contributed by atoms with van der Waals surface area (Å²) in [5.41, 5.74) is 5.11. The predicted octanol–water partition coefficient (Wildman–Crippen LogP) is 4.08. The number of para-hydroxylation sites is 2. The minimum Gasteiger partial charge on any atom is -0.481 e. The highest BCUT2D eigenvalue weighted by Crippen LogP contribution is 2.38. The summed E-state index contributed by atoms with van der Waals surface area (Å²) >= 11 is 0. The van der Waals surface area contributed by atoms with Gasteiger partial charge >= 0.3 is 5.97 Å². The Morgan fingerprint density at radius 1 is 1.10 bits per heavy atom. The maximum atomic E-state index is 11.4. The SMILES string of the molecule is COC(CCN1CCC[C@@H](C(=O)O)C1)N1c2ccccc2CCc2ccccc21. The van der Waals surface area contributed by atoms with Gasteiger partial charge in [-0.3, -0.25) is 4.79 Å². The number of carbonyl (C=O) groups is 1. The van der Waals surface area contributed by atoms with E-state index in [1.807, 2.05) is 0 Å². The molecule has 2 atom stereocenters. The van der Waals surface area contributed by atoms with Crippen molar-refractivity contribution in [1.29, 1.82) is 0 Å². The lowest BCUT2D eigenvalue weighted by atomic mass is 9.98. The molecule has 2 aliphatic rings. The topological polar surface area (TPSA) is 53.0 Å². The third-order valence-electron chi connectivity index (χ3n) is 6.27. The molecule has 2 aromatic rings. The van der Waals surface area contributed by atoms with Crippen LogP contribution in [0.1, 0.15) is 30.4 Å². The first-order valence-corrected chi connectivity index (χ1v) is 10.6. The summed E-state index contributed by atoms with van der Waals surface area (Å²) in [6.07, 6.45) is 4.50. The quantitative estimate of drug-likeness (QED) is 0.800. The van der Waals surface area contributed by atoms with Gasteiger partial charge < -0.3 is 19.6 Å². The molecule has 0 aromatic heterocycles. The number of likely N-dealkylation sites (tertiary alicyclic amines) is 1. The number of fused-ring (bicyclic) bond motifs is 2. The van der Waals surface area contributed by atoms with E-state index >= 15 is 0 Å². The summed E-state index contributed by atoms with van der Waals surface area (Å²) in [5.74, 6) is -0.919. The Labute approximate surface area is 172 Å². The second-order valence-electron chi connectivity index (χ2n) is 8.08. The fourth-order valence-corrected chi connectivity index (χ4v) is 4.73. The lowest BCUT2D eigenvalue weighted by Gasteiger charge is -2.36. The number of ether oxygens (including phenoxy) is 1. The predicted molar refractivity (Wildman–Crippen MR) is 115 cm³/mol. The van der Waals surface area contributed by atoms with E-state index in [2.05, 4.69) is 58.3 Å². The molecule has 0 amide bonds. The summed E-state index contributed by atoms with van der Waals surface area (Å²) < 4.78 is 6.01. The zero-order valence-electron chi connectivity index (χ0n) is 17.1. The van der Waals surface area contributed by atoms with Gasteiger partial charge in [0, 0.05) is 38.0 Å². The average molecular weight is 395 g/mol. The molecule has 1 unspecified atom stereocenters. The number of hydrogen-bond acceptors (Lipinski definition) is 4. The standard InChI is InChI=1S/C24H30N2O3/c1-29-23(14-16-25-15-6-9-20(17-25)24(27)28)26-21-10-4-2-7-18(21)12-13-19-8-3-5-11-22(19)26/h2-5,7-8,10-11,20,23H,6,9,12-17H2,1H3,(H,27,28)/t20-,23?/m1/s1. The molecule has 5 heteroatoms. The van der Waals surface area contributed by atoms with Gasteiger partial charge in [-0.15, -0.1) is 0 Å². The van der Waals surface area contributed by atoms with E-state index in [1.54, 1.807) is 7.11 Å². The number of benzene rings is 2. The van der Waals surface area contributed by atoms with Crippen molar-refractivity contribution < 1.29 is 14.6 Å². The van der Waals surface area contributed by atoms with Gasteiger partial charge in [-0.1, -0.05) is 36.4 Å². The van der Waals surface area contributed by atoms with Gasteiger partial charge in [0.2, 0.25) is 0 Å². The molecule has 0 radical (unpaired) electrons. The van der Waals surface area contributed by atoms with E-state index in [0.29, 0.717) is 6.54 Å². The van der Waals surface area contributed by atoms with Crippen LogP contribution in [-0.2, 0) is 22.4 Å². The van der Waals surface area contributed by atoms with Crippen LogP contribution in [0.3, 0.4) is 0 Å². The zero-order chi connectivity index (χ0) is 20.2. The van der Waals surface area contributed by atoms with Crippen LogP contribution in [0.15, 0.2) is 48.5 Å². The average Bonchev–Trinajstić information content (AvgIpc) is 2.92. The number of piperidine rings is 1. The van der Waals surface area contributed by atoms with E-state index in [1.165, 1.54) is 22.5 Å². The minimum absolute atomic E-state index is 0.0967. The van der Waals surface area contributed by atoms with E-state index in [0.717, 1.165) is 45.2 Å². The normalized spacial score (nSPS) is 20.4. The smallest absolute Gasteiger partial charge is 0.307 e. The Kier molecular flexibility index (Phi) is 6.16. The molecule has 1 saturated heterocycles. The zero-order valence-corrected chi connectivity index (χ0v) is 17.1. The molecule has 1 N–H and O–H groups in total. The molecule has 2 aliphatic heterocycles. The van der Waals surface area contributed by atoms with Gasteiger partial charge in [0.1, 0.15) is 6.23 Å². The molecule has 154 valence electrons. The highest BCUT2D eigenvalue weighted by atomic mass is 16.5. The molecule has 0 spiro atoms. The van der Waals surface area contributed by atoms with Gasteiger partial charge in [0.25, 0.3) is 0 Å². The summed E-state index contributed by atoms with van der Waals surface area (Å²) in [6.45, 7) is 2.44. The highest BCUT2D eigenvalue weighted by Gasteiger charge is 2.29. The summed E-state index contributed by atoms with van der Waals surface area (Å²) in [7, 11) is 1.77. The van der Waals surface area contributed by atoms with Crippen LogP contribution < -0.4 is 4.90 Å². The van der Waals surface area contributed by atoms with Crippen molar-refractivity contribution in [2.24, 2.45) is 5.92 Å². The second-order valence-corrected chi connectivity index (χ2v) is 8.08. The Morgan fingerprint density at radius 3 is 2.31 bits per heavy atom. The van der Waals surface area contributed by atoms with E-state index in [-0.39, 0.29) is 12.1 Å². The number of methoxy groups -OCH3 is 1. The maximum Gasteiger partial charge on any atom is 0.307 e. The molecular weight excluding hydrogens is 364 g/mol. The number of hydrogen-bond donors (Lipinski definition) is 1. The van der Waals surface area contributed by atoms with Gasteiger partial charge in [0.05, 0.1) is 5.92 Å². The van der Waals surface area contributed by atoms with Crippen LogP contribution in [0.5, 0.6) is 0 Å². The number of rotatable bonds is 6. The summed E-state index contributed by atoms with van der Waals surface area (Å²) in [6, 6.07) is 17.2. The molecule has 0 aliphatic carbocycles. The third-order valence-corrected chi connectivity index (χ3v) is 6.27. The Balaban J connectivity index is 1.57. The molecule has 2 heterocycles. The number of carboxylic acids is 1. The number of anilines is 2. The van der Waals surface area contributed by atoms with Gasteiger partial charge in [0.15, 0.2) is 0 Å². The van der Waals surface area contributed by atoms with Gasteiger partial charge in [-0.05, 0) is 55.5 Å². The fourth-order valence-electron chi connectivity index (χ4n) is 4.73. The van der Waals surface area contributed by atoms with E-state index < -0.39 is 5.97 Å². The Hall–Kier alpha value is -2.37. The largest absolute Gasteiger partial charge is 0.481 e. The van der Waals surface area contributed by atoms with Crippen molar-refractivity contribution in [2.45, 2.75) is 38.3 Å². The van der Waals surface area contributed by atoms with Crippen molar-refractivity contribution in [3.8, 4) is 0 Å². The first kappa shape index (κ1) is 19.9. The van der Waals surface area contributed by atoms with Crippen LogP contribution in [0.2, 0.25) is 0 Å². The van der Waals surface area contributed by atoms with Crippen molar-refractivity contribution in [1.82, 2.24) is 4.90 Å². The van der Waals surface area contributed by atoms with E-state index in [9.17, 15) is 9.90 Å². The first-order valence-electron chi connectivity index (χ1n) is 10.6. The highest BCUT2D eigenvalue weighted by molar-refractivity contribution is 5.71. The van der Waals surface area contributed by atoms with Crippen LogP contribution in [0.4, 0.5) is 11.4 Å². The molecule has 5 nitrogen and oxygen atoms in total. The molecular formula is C24H30N2O3. The first-order chi connectivity index (χ1) is 14.2. The van der Waals surface area contributed by atoms with Crippen molar-refractivity contribution in [2.75, 3.05) is 31.6 Å². The van der Waals surface area contributed by atoms with Crippen LogP contribution >= 0.6 is 0 Å². The molecule has 29 heavy (non-hydrogen) atoms. The Bertz CT molecular complexity index is 806. The van der Waals surface area contributed by atoms with Crippen LogP contribution in [0, 0.1) is 5.92 Å². The van der Waals surface area contributed by atoms with Crippen LogP contribution in [-0.4, -0.2) is 48.9 Å². The number of aliphatic carboxylic acids is 1. The second kappa shape index (κ2) is 8.97.